The van der Waals surface area contributed by atoms with E-state index in [1.807, 2.05) is 31.2 Å². The number of para-hydroxylation sites is 1. The second-order valence-corrected chi connectivity index (χ2v) is 4.15. The SMILES string of the molecule is Cc1cccc(NC(=O)C=[N+]([O-])c2ccccc2)c1. The van der Waals surface area contributed by atoms with Crippen LogP contribution in [0, 0.1) is 12.1 Å². The minimum absolute atomic E-state index is 0.418. The molecular formula is C15H14N2O2. The summed E-state index contributed by atoms with van der Waals surface area (Å²) in [5.41, 5.74) is 2.13. The van der Waals surface area contributed by atoms with Crippen LogP contribution in [0.4, 0.5) is 11.4 Å². The first-order valence-corrected chi connectivity index (χ1v) is 5.89. The number of hydrogen-bond acceptors (Lipinski definition) is 2. The highest BCUT2D eigenvalue weighted by molar-refractivity contribution is 6.30. The van der Waals surface area contributed by atoms with E-state index in [1.54, 1.807) is 30.3 Å². The number of anilines is 1. The van der Waals surface area contributed by atoms with Gasteiger partial charge in [0.1, 0.15) is 0 Å². The molecule has 96 valence electrons. The molecule has 2 rings (SSSR count). The Morgan fingerprint density at radius 3 is 2.58 bits per heavy atom. The molecule has 0 saturated heterocycles. The van der Waals surface area contributed by atoms with E-state index in [2.05, 4.69) is 5.32 Å². The zero-order valence-corrected chi connectivity index (χ0v) is 10.5. The standard InChI is InChI=1S/C15H14N2O2/c1-12-6-5-7-13(10-12)16-15(18)11-17(19)14-8-3-2-4-9-14/h2-11H,1H3,(H,16,18). The van der Waals surface area contributed by atoms with Crippen LogP contribution in [0.5, 0.6) is 0 Å². The Kier molecular flexibility index (Phi) is 3.93. The predicted molar refractivity (Wildman–Crippen MR) is 75.6 cm³/mol. The van der Waals surface area contributed by atoms with Crippen LogP contribution in [0.2, 0.25) is 0 Å². The van der Waals surface area contributed by atoms with Crippen LogP contribution in [-0.2, 0) is 4.79 Å². The summed E-state index contributed by atoms with van der Waals surface area (Å²) in [7, 11) is 0. The molecule has 2 aromatic carbocycles. The molecule has 4 nitrogen and oxygen atoms in total. The number of aryl methyl sites for hydroxylation is 1. The Bertz CT molecular complexity index is 607. The second kappa shape index (κ2) is 5.82. The van der Waals surface area contributed by atoms with E-state index in [0.717, 1.165) is 11.8 Å². The van der Waals surface area contributed by atoms with E-state index in [4.69, 9.17) is 0 Å². The summed E-state index contributed by atoms with van der Waals surface area (Å²) in [5.74, 6) is -0.454. The van der Waals surface area contributed by atoms with Crippen molar-refractivity contribution in [2.24, 2.45) is 0 Å². The Morgan fingerprint density at radius 1 is 1.16 bits per heavy atom. The minimum atomic E-state index is -0.454. The van der Waals surface area contributed by atoms with Gasteiger partial charge in [-0.3, -0.25) is 4.79 Å². The molecule has 2 aromatic rings. The van der Waals surface area contributed by atoms with Gasteiger partial charge in [-0.2, -0.15) is 4.74 Å². The van der Waals surface area contributed by atoms with Crippen molar-refractivity contribution in [3.63, 3.8) is 0 Å². The summed E-state index contributed by atoms with van der Waals surface area (Å²) in [4.78, 5) is 11.7. The molecule has 0 aliphatic heterocycles. The lowest BCUT2D eigenvalue weighted by molar-refractivity contribution is -0.354. The van der Waals surface area contributed by atoms with Gasteiger partial charge in [0.15, 0.2) is 0 Å². The third-order valence-electron chi connectivity index (χ3n) is 2.53. The van der Waals surface area contributed by atoms with E-state index in [0.29, 0.717) is 16.1 Å². The van der Waals surface area contributed by atoms with Crippen molar-refractivity contribution in [1.29, 1.82) is 0 Å². The Morgan fingerprint density at radius 2 is 1.89 bits per heavy atom. The molecule has 0 heterocycles. The van der Waals surface area contributed by atoms with E-state index in [9.17, 15) is 10.0 Å². The number of nitrogens with zero attached hydrogens (tertiary/aromatic N) is 1. The molecule has 0 saturated carbocycles. The predicted octanol–water partition coefficient (Wildman–Crippen LogP) is 2.85. The molecule has 0 fully saturated rings. The summed E-state index contributed by atoms with van der Waals surface area (Å²) in [6, 6.07) is 16.0. The first kappa shape index (κ1) is 12.8. The minimum Gasteiger partial charge on any atom is -0.618 e. The van der Waals surface area contributed by atoms with Crippen LogP contribution in [-0.4, -0.2) is 16.9 Å². The molecule has 0 spiro atoms. The monoisotopic (exact) mass is 254 g/mol. The van der Waals surface area contributed by atoms with Gasteiger partial charge >= 0.3 is 5.91 Å². The highest BCUT2D eigenvalue weighted by Crippen LogP contribution is 2.10. The number of carbonyl (C=O) groups is 1. The molecule has 0 bridgehead atoms. The molecule has 0 unspecified atom stereocenters. The summed E-state index contributed by atoms with van der Waals surface area (Å²) in [5, 5.41) is 14.4. The topological polar surface area (TPSA) is 55.2 Å². The summed E-state index contributed by atoms with van der Waals surface area (Å²) >= 11 is 0. The summed E-state index contributed by atoms with van der Waals surface area (Å²) in [6.07, 6.45) is 0.984. The van der Waals surface area contributed by atoms with E-state index < -0.39 is 5.91 Å². The van der Waals surface area contributed by atoms with Gasteiger partial charge in [0.2, 0.25) is 11.9 Å². The molecule has 0 aromatic heterocycles. The van der Waals surface area contributed by atoms with Gasteiger partial charge in [0.05, 0.1) is 0 Å². The van der Waals surface area contributed by atoms with Gasteiger partial charge in [-0.05, 0) is 24.6 Å². The first-order chi connectivity index (χ1) is 9.15. The van der Waals surface area contributed by atoms with E-state index in [1.165, 1.54) is 0 Å². The van der Waals surface area contributed by atoms with Gasteiger partial charge in [-0.1, -0.05) is 30.3 Å². The fourth-order valence-corrected chi connectivity index (χ4v) is 1.65. The van der Waals surface area contributed by atoms with Gasteiger partial charge in [-0.15, -0.1) is 0 Å². The maximum Gasteiger partial charge on any atom is 0.313 e. The quantitative estimate of drug-likeness (QED) is 0.396. The molecule has 0 radical (unpaired) electrons. The van der Waals surface area contributed by atoms with E-state index >= 15 is 0 Å². The first-order valence-electron chi connectivity index (χ1n) is 5.89. The third kappa shape index (κ3) is 3.67. The number of hydrogen-bond donors (Lipinski definition) is 1. The van der Waals surface area contributed by atoms with Crippen LogP contribution in [0.15, 0.2) is 54.6 Å². The van der Waals surface area contributed by atoms with Crippen molar-refractivity contribution in [2.75, 3.05) is 5.32 Å². The highest BCUT2D eigenvalue weighted by atomic mass is 16.5. The normalized spacial score (nSPS) is 11.1. The van der Waals surface area contributed by atoms with Crippen LogP contribution >= 0.6 is 0 Å². The fourth-order valence-electron chi connectivity index (χ4n) is 1.65. The third-order valence-corrected chi connectivity index (χ3v) is 2.53. The van der Waals surface area contributed by atoms with Crippen molar-refractivity contribution in [2.45, 2.75) is 6.92 Å². The van der Waals surface area contributed by atoms with Gasteiger partial charge in [0.25, 0.3) is 0 Å². The van der Waals surface area contributed by atoms with Crippen molar-refractivity contribution >= 4 is 23.5 Å². The Labute approximate surface area is 111 Å². The molecule has 1 N–H and O–H groups in total. The largest absolute Gasteiger partial charge is 0.618 e. The number of benzene rings is 2. The lowest BCUT2D eigenvalue weighted by Crippen LogP contribution is -2.17. The smallest absolute Gasteiger partial charge is 0.313 e. The highest BCUT2D eigenvalue weighted by Gasteiger charge is 2.06. The average Bonchev–Trinajstić information content (AvgIpc) is 2.39. The lowest BCUT2D eigenvalue weighted by atomic mass is 10.2. The van der Waals surface area contributed by atoms with Crippen LogP contribution in [0.3, 0.4) is 0 Å². The molecule has 0 aliphatic rings. The van der Waals surface area contributed by atoms with Crippen LogP contribution < -0.4 is 5.32 Å². The van der Waals surface area contributed by atoms with Gasteiger partial charge in [-0.25, -0.2) is 0 Å². The lowest BCUT2D eigenvalue weighted by Gasteiger charge is -2.04. The molecule has 19 heavy (non-hydrogen) atoms. The average molecular weight is 254 g/mol. The summed E-state index contributed by atoms with van der Waals surface area (Å²) < 4.78 is 0.547. The number of amides is 1. The fraction of sp³-hybridized carbons (Fsp3) is 0.0667. The van der Waals surface area contributed by atoms with Crippen LogP contribution in [0.25, 0.3) is 0 Å². The Balaban J connectivity index is 2.09. The molecule has 0 atom stereocenters. The van der Waals surface area contributed by atoms with Crippen molar-refractivity contribution < 1.29 is 9.53 Å². The van der Waals surface area contributed by atoms with Crippen molar-refractivity contribution in [3.05, 3.63) is 65.4 Å². The number of carbonyl (C=O) groups excluding carboxylic acids is 1. The van der Waals surface area contributed by atoms with Crippen molar-refractivity contribution in [3.8, 4) is 0 Å². The van der Waals surface area contributed by atoms with Gasteiger partial charge in [0, 0.05) is 17.8 Å². The molecule has 1 amide bonds. The van der Waals surface area contributed by atoms with Crippen molar-refractivity contribution in [1.82, 2.24) is 0 Å². The zero-order chi connectivity index (χ0) is 13.7. The molecule has 4 heteroatoms. The van der Waals surface area contributed by atoms with Gasteiger partial charge < -0.3 is 10.5 Å². The summed E-state index contributed by atoms with van der Waals surface area (Å²) in [6.45, 7) is 1.93. The molecule has 0 aliphatic carbocycles. The maximum absolute atomic E-state index is 11.7. The number of nitrogens with one attached hydrogen (secondary N) is 1. The molecular weight excluding hydrogens is 240 g/mol. The number of rotatable bonds is 3. The Hall–Kier alpha value is -2.62. The van der Waals surface area contributed by atoms with Crippen LogP contribution in [0.1, 0.15) is 5.56 Å². The zero-order valence-electron chi connectivity index (χ0n) is 10.5. The van der Waals surface area contributed by atoms with E-state index in [-0.39, 0.29) is 0 Å². The second-order valence-electron chi connectivity index (χ2n) is 4.15. The maximum atomic E-state index is 11.7.